The Balaban J connectivity index is 1.59. The standard InChI is InChI=1S/C22H17BrFN3O2/c23-16-7-10-20(25-12-16)26-21(28)11-19(14-5-8-17(24)9-6-14)27-13-15-3-1-2-4-18(15)22(27)29/h1-10,12,19H,11,13H2,(H,25,26,28). The molecule has 1 unspecified atom stereocenters. The molecular weight excluding hydrogens is 437 g/mol. The molecule has 3 aromatic rings. The molecule has 0 bridgehead atoms. The Hall–Kier alpha value is -3.06. The predicted octanol–water partition coefficient (Wildman–Crippen LogP) is 4.71. The molecule has 1 atom stereocenters. The van der Waals surface area contributed by atoms with Crippen molar-refractivity contribution in [2.75, 3.05) is 5.32 Å². The topological polar surface area (TPSA) is 62.3 Å². The molecule has 5 nitrogen and oxygen atoms in total. The van der Waals surface area contributed by atoms with Gasteiger partial charge in [0.25, 0.3) is 5.91 Å². The van der Waals surface area contributed by atoms with Crippen LogP contribution in [-0.4, -0.2) is 21.7 Å². The number of rotatable bonds is 5. The van der Waals surface area contributed by atoms with Gasteiger partial charge in [-0.25, -0.2) is 9.37 Å². The van der Waals surface area contributed by atoms with Gasteiger partial charge in [-0.3, -0.25) is 9.59 Å². The van der Waals surface area contributed by atoms with Gasteiger partial charge in [0, 0.05) is 22.8 Å². The first-order chi connectivity index (χ1) is 14.0. The first-order valence-electron chi connectivity index (χ1n) is 9.07. The number of nitrogens with one attached hydrogen (secondary N) is 1. The largest absolute Gasteiger partial charge is 0.327 e. The lowest BCUT2D eigenvalue weighted by molar-refractivity contribution is -0.117. The second-order valence-corrected chi connectivity index (χ2v) is 7.69. The lowest BCUT2D eigenvalue weighted by Gasteiger charge is -2.28. The Morgan fingerprint density at radius 2 is 1.90 bits per heavy atom. The van der Waals surface area contributed by atoms with Crippen LogP contribution in [0.5, 0.6) is 0 Å². The van der Waals surface area contributed by atoms with Crippen molar-refractivity contribution >= 4 is 33.6 Å². The third kappa shape index (κ3) is 4.19. The molecule has 29 heavy (non-hydrogen) atoms. The van der Waals surface area contributed by atoms with Crippen LogP contribution in [0, 0.1) is 5.82 Å². The zero-order chi connectivity index (χ0) is 20.4. The van der Waals surface area contributed by atoms with Crippen LogP contribution in [0.15, 0.2) is 71.3 Å². The zero-order valence-corrected chi connectivity index (χ0v) is 16.9. The summed E-state index contributed by atoms with van der Waals surface area (Å²) in [5.41, 5.74) is 2.25. The number of hydrogen-bond donors (Lipinski definition) is 1. The van der Waals surface area contributed by atoms with Crippen LogP contribution in [0.1, 0.15) is 33.9 Å². The number of nitrogens with zero attached hydrogens (tertiary/aromatic N) is 2. The number of anilines is 1. The lowest BCUT2D eigenvalue weighted by atomic mass is 10.0. The van der Waals surface area contributed by atoms with Crippen LogP contribution in [0.4, 0.5) is 10.2 Å². The number of amides is 2. The molecule has 4 rings (SSSR count). The highest BCUT2D eigenvalue weighted by atomic mass is 79.9. The normalized spacial score (nSPS) is 13.9. The molecular formula is C22H17BrFN3O2. The number of pyridine rings is 1. The van der Waals surface area contributed by atoms with E-state index < -0.39 is 6.04 Å². The van der Waals surface area contributed by atoms with Crippen LogP contribution < -0.4 is 5.32 Å². The van der Waals surface area contributed by atoms with E-state index in [1.165, 1.54) is 12.1 Å². The van der Waals surface area contributed by atoms with Crippen molar-refractivity contribution in [2.24, 2.45) is 0 Å². The minimum absolute atomic E-state index is 0.0309. The van der Waals surface area contributed by atoms with Crippen molar-refractivity contribution in [3.05, 3.63) is 93.8 Å². The Kier molecular flexibility index (Phi) is 5.40. The maximum atomic E-state index is 13.4. The van der Waals surface area contributed by atoms with Gasteiger partial charge < -0.3 is 10.2 Å². The van der Waals surface area contributed by atoms with Crippen LogP contribution in [-0.2, 0) is 11.3 Å². The molecule has 146 valence electrons. The number of carbonyl (C=O) groups excluding carboxylic acids is 2. The summed E-state index contributed by atoms with van der Waals surface area (Å²) in [4.78, 5) is 31.5. The predicted molar refractivity (Wildman–Crippen MR) is 111 cm³/mol. The highest BCUT2D eigenvalue weighted by Gasteiger charge is 2.34. The Morgan fingerprint density at radius 3 is 2.59 bits per heavy atom. The van der Waals surface area contributed by atoms with Gasteiger partial charge >= 0.3 is 0 Å². The average Bonchev–Trinajstić information content (AvgIpc) is 3.05. The first-order valence-corrected chi connectivity index (χ1v) is 9.86. The van der Waals surface area contributed by atoms with E-state index in [0.29, 0.717) is 23.5 Å². The molecule has 0 spiro atoms. The van der Waals surface area contributed by atoms with E-state index in [9.17, 15) is 14.0 Å². The molecule has 0 saturated carbocycles. The molecule has 0 saturated heterocycles. The Morgan fingerprint density at radius 1 is 1.14 bits per heavy atom. The number of aromatic nitrogens is 1. The van der Waals surface area contributed by atoms with Crippen molar-refractivity contribution in [1.29, 1.82) is 0 Å². The van der Waals surface area contributed by atoms with E-state index in [2.05, 4.69) is 26.2 Å². The van der Waals surface area contributed by atoms with Crippen LogP contribution in [0.25, 0.3) is 0 Å². The van der Waals surface area contributed by atoms with Gasteiger partial charge in [0.1, 0.15) is 11.6 Å². The van der Waals surface area contributed by atoms with Crippen molar-refractivity contribution in [3.8, 4) is 0 Å². The smallest absolute Gasteiger partial charge is 0.255 e. The summed E-state index contributed by atoms with van der Waals surface area (Å²) in [6, 6.07) is 16.2. The van der Waals surface area contributed by atoms with Gasteiger partial charge in [0.2, 0.25) is 5.91 Å². The summed E-state index contributed by atoms with van der Waals surface area (Å²) in [7, 11) is 0. The van der Waals surface area contributed by atoms with Crippen molar-refractivity contribution in [2.45, 2.75) is 19.0 Å². The summed E-state index contributed by atoms with van der Waals surface area (Å²) in [5.74, 6) is -0.360. The molecule has 7 heteroatoms. The fourth-order valence-corrected chi connectivity index (χ4v) is 3.68. The van der Waals surface area contributed by atoms with E-state index in [1.54, 1.807) is 41.4 Å². The number of hydrogen-bond acceptors (Lipinski definition) is 3. The average molecular weight is 454 g/mol. The quantitative estimate of drug-likeness (QED) is 0.608. The summed E-state index contributed by atoms with van der Waals surface area (Å²) >= 11 is 3.30. The SMILES string of the molecule is O=C(CC(c1ccc(F)cc1)N1Cc2ccccc2C1=O)Nc1ccc(Br)cn1. The number of halogens is 2. The monoisotopic (exact) mass is 453 g/mol. The molecule has 0 radical (unpaired) electrons. The lowest BCUT2D eigenvalue weighted by Crippen LogP contribution is -2.32. The minimum Gasteiger partial charge on any atom is -0.327 e. The Labute approximate surface area is 175 Å². The molecule has 2 amide bonds. The summed E-state index contributed by atoms with van der Waals surface area (Å²) in [6.07, 6.45) is 1.62. The first kappa shape index (κ1) is 19.3. The molecule has 0 aliphatic carbocycles. The third-order valence-corrected chi connectivity index (χ3v) is 5.32. The fourth-order valence-electron chi connectivity index (χ4n) is 3.44. The van der Waals surface area contributed by atoms with Gasteiger partial charge in [-0.15, -0.1) is 0 Å². The Bertz CT molecular complexity index is 1050. The minimum atomic E-state index is -0.522. The molecule has 1 aromatic heterocycles. The van der Waals surface area contributed by atoms with Gasteiger partial charge in [0.15, 0.2) is 0 Å². The van der Waals surface area contributed by atoms with Crippen LogP contribution >= 0.6 is 15.9 Å². The van der Waals surface area contributed by atoms with Gasteiger partial charge in [-0.2, -0.15) is 0 Å². The molecule has 2 heterocycles. The second kappa shape index (κ2) is 8.13. The number of carbonyl (C=O) groups is 2. The number of benzene rings is 2. The van der Waals surface area contributed by atoms with Crippen LogP contribution in [0.3, 0.4) is 0 Å². The van der Waals surface area contributed by atoms with E-state index in [0.717, 1.165) is 10.0 Å². The summed E-state index contributed by atoms with van der Waals surface area (Å²) in [5, 5.41) is 2.76. The van der Waals surface area contributed by atoms with Crippen molar-refractivity contribution < 1.29 is 14.0 Å². The third-order valence-electron chi connectivity index (χ3n) is 4.85. The molecule has 1 N–H and O–H groups in total. The van der Waals surface area contributed by atoms with E-state index >= 15 is 0 Å². The highest BCUT2D eigenvalue weighted by molar-refractivity contribution is 9.10. The molecule has 1 aliphatic heterocycles. The van der Waals surface area contributed by atoms with Gasteiger partial charge in [0.05, 0.1) is 12.5 Å². The zero-order valence-electron chi connectivity index (χ0n) is 15.3. The van der Waals surface area contributed by atoms with Gasteiger partial charge in [-0.05, 0) is 57.4 Å². The molecule has 2 aromatic carbocycles. The van der Waals surface area contributed by atoms with Crippen molar-refractivity contribution in [1.82, 2.24) is 9.88 Å². The maximum absolute atomic E-state index is 13.4. The van der Waals surface area contributed by atoms with Crippen molar-refractivity contribution in [3.63, 3.8) is 0 Å². The maximum Gasteiger partial charge on any atom is 0.255 e. The summed E-state index contributed by atoms with van der Waals surface area (Å²) < 4.78 is 14.2. The fraction of sp³-hybridized carbons (Fsp3) is 0.136. The van der Waals surface area contributed by atoms with Gasteiger partial charge in [-0.1, -0.05) is 30.3 Å². The molecule has 1 aliphatic rings. The van der Waals surface area contributed by atoms with E-state index in [-0.39, 0.29) is 24.1 Å². The highest BCUT2D eigenvalue weighted by Crippen LogP contribution is 2.33. The number of fused-ring (bicyclic) bond motifs is 1. The second-order valence-electron chi connectivity index (χ2n) is 6.77. The van der Waals surface area contributed by atoms with Crippen LogP contribution in [0.2, 0.25) is 0 Å². The van der Waals surface area contributed by atoms with E-state index in [4.69, 9.17) is 0 Å². The summed E-state index contributed by atoms with van der Waals surface area (Å²) in [6.45, 7) is 0.404. The van der Waals surface area contributed by atoms with E-state index in [1.807, 2.05) is 18.2 Å². The molecule has 0 fully saturated rings.